The fourth-order valence-corrected chi connectivity index (χ4v) is 3.39. The molecule has 0 unspecified atom stereocenters. The van der Waals surface area contributed by atoms with Gasteiger partial charge < -0.3 is 19.7 Å². The summed E-state index contributed by atoms with van der Waals surface area (Å²) in [7, 11) is 0. The minimum Gasteiger partial charge on any atom is -0.348 e. The van der Waals surface area contributed by atoms with Gasteiger partial charge in [-0.2, -0.15) is 0 Å². The summed E-state index contributed by atoms with van der Waals surface area (Å²) < 4.78 is 1.91. The largest absolute Gasteiger partial charge is 0.348 e. The second-order valence-corrected chi connectivity index (χ2v) is 6.90. The molecule has 3 heterocycles. The summed E-state index contributed by atoms with van der Waals surface area (Å²) in [4.78, 5) is 44.0. The molecule has 1 saturated heterocycles. The van der Waals surface area contributed by atoms with Gasteiger partial charge in [-0.05, 0) is 33.1 Å². The van der Waals surface area contributed by atoms with Crippen LogP contribution in [0.5, 0.6) is 0 Å². The number of aromatic nitrogens is 2. The van der Waals surface area contributed by atoms with E-state index < -0.39 is 0 Å². The number of hydrogen-bond donors (Lipinski definition) is 1. The van der Waals surface area contributed by atoms with Crippen molar-refractivity contribution >= 4 is 18.2 Å². The fourth-order valence-electron chi connectivity index (χ4n) is 3.39. The van der Waals surface area contributed by atoms with E-state index in [0.29, 0.717) is 44.2 Å². The lowest BCUT2D eigenvalue weighted by molar-refractivity contribution is -0.119. The molecule has 0 radical (unpaired) electrons. The van der Waals surface area contributed by atoms with Crippen LogP contribution < -0.4 is 5.32 Å². The Balaban J connectivity index is 1.86. The van der Waals surface area contributed by atoms with Crippen LogP contribution in [0.2, 0.25) is 0 Å². The third kappa shape index (κ3) is 3.52. The normalized spacial score (nSPS) is 17.4. The van der Waals surface area contributed by atoms with Crippen LogP contribution >= 0.6 is 0 Å². The number of imidazole rings is 1. The van der Waals surface area contributed by atoms with E-state index in [1.165, 1.54) is 0 Å². The highest BCUT2D eigenvalue weighted by Gasteiger charge is 2.31. The number of carbonyl (C=O) groups excluding carboxylic acids is 3. The summed E-state index contributed by atoms with van der Waals surface area (Å²) in [5, 5.41) is 2.87. The molecule has 1 N–H and O–H groups in total. The number of nitrogens with one attached hydrogen (secondary N) is 1. The van der Waals surface area contributed by atoms with Crippen LogP contribution in [0, 0.1) is 0 Å². The number of hydrogen-bond acceptors (Lipinski definition) is 4. The quantitative estimate of drug-likeness (QED) is 0.792. The zero-order chi connectivity index (χ0) is 18.0. The SMILES string of the molecule is CC(C)NC(=O)c1nc(C(=O)N2CCN(C=O)CC2)n2c1CCCC2. The van der Waals surface area contributed by atoms with Crippen LogP contribution in [0.1, 0.15) is 53.5 Å². The van der Waals surface area contributed by atoms with E-state index in [-0.39, 0.29) is 17.9 Å². The van der Waals surface area contributed by atoms with Gasteiger partial charge in [0, 0.05) is 38.8 Å². The van der Waals surface area contributed by atoms with Crippen LogP contribution in [0.4, 0.5) is 0 Å². The van der Waals surface area contributed by atoms with Gasteiger partial charge in [0.05, 0.1) is 5.69 Å². The van der Waals surface area contributed by atoms with Crippen molar-refractivity contribution in [3.05, 3.63) is 17.2 Å². The Hall–Kier alpha value is -2.38. The maximum absolute atomic E-state index is 12.9. The summed E-state index contributed by atoms with van der Waals surface area (Å²) in [6.45, 7) is 6.57. The third-order valence-corrected chi connectivity index (χ3v) is 4.69. The lowest BCUT2D eigenvalue weighted by Gasteiger charge is -2.32. The molecule has 1 aromatic rings. The van der Waals surface area contributed by atoms with Gasteiger partial charge in [-0.25, -0.2) is 4.98 Å². The summed E-state index contributed by atoms with van der Waals surface area (Å²) >= 11 is 0. The highest BCUT2D eigenvalue weighted by Crippen LogP contribution is 2.22. The smallest absolute Gasteiger partial charge is 0.290 e. The van der Waals surface area contributed by atoms with Crippen LogP contribution in [-0.2, 0) is 17.8 Å². The van der Waals surface area contributed by atoms with Crippen molar-refractivity contribution in [1.29, 1.82) is 0 Å². The van der Waals surface area contributed by atoms with Crippen molar-refractivity contribution in [3.63, 3.8) is 0 Å². The summed E-state index contributed by atoms with van der Waals surface area (Å²) in [6.07, 6.45) is 3.56. The van der Waals surface area contributed by atoms with E-state index in [1.54, 1.807) is 9.80 Å². The lowest BCUT2D eigenvalue weighted by atomic mass is 10.1. The molecule has 0 aromatic carbocycles. The maximum atomic E-state index is 12.9. The minimum atomic E-state index is -0.217. The molecule has 2 aliphatic rings. The van der Waals surface area contributed by atoms with Gasteiger partial charge in [0.1, 0.15) is 5.69 Å². The van der Waals surface area contributed by atoms with Gasteiger partial charge in [-0.1, -0.05) is 0 Å². The van der Waals surface area contributed by atoms with Crippen molar-refractivity contribution in [2.75, 3.05) is 26.2 Å². The van der Waals surface area contributed by atoms with E-state index in [4.69, 9.17) is 0 Å². The molecule has 136 valence electrons. The van der Waals surface area contributed by atoms with Crippen LogP contribution in [0.3, 0.4) is 0 Å². The Morgan fingerprint density at radius 1 is 1.12 bits per heavy atom. The first-order valence-corrected chi connectivity index (χ1v) is 8.90. The van der Waals surface area contributed by atoms with Crippen LogP contribution in [0.25, 0.3) is 0 Å². The van der Waals surface area contributed by atoms with Crippen molar-refractivity contribution in [1.82, 2.24) is 24.7 Å². The molecule has 3 amide bonds. The molecule has 3 rings (SSSR count). The maximum Gasteiger partial charge on any atom is 0.290 e. The molecule has 2 aliphatic heterocycles. The minimum absolute atomic E-state index is 0.0176. The molecule has 0 atom stereocenters. The number of carbonyl (C=O) groups is 3. The summed E-state index contributed by atoms with van der Waals surface area (Å²) in [5.41, 5.74) is 1.24. The molecular weight excluding hydrogens is 322 g/mol. The highest BCUT2D eigenvalue weighted by atomic mass is 16.2. The van der Waals surface area contributed by atoms with Gasteiger partial charge in [0.2, 0.25) is 6.41 Å². The third-order valence-electron chi connectivity index (χ3n) is 4.69. The topological polar surface area (TPSA) is 87.5 Å². The Labute approximate surface area is 147 Å². The van der Waals surface area contributed by atoms with E-state index in [1.807, 2.05) is 18.4 Å². The summed E-state index contributed by atoms with van der Waals surface area (Å²) in [6, 6.07) is 0.0176. The van der Waals surface area contributed by atoms with Gasteiger partial charge >= 0.3 is 0 Å². The summed E-state index contributed by atoms with van der Waals surface area (Å²) in [5.74, 6) is -0.0223. The zero-order valence-corrected chi connectivity index (χ0v) is 14.8. The standard InChI is InChI=1S/C17H25N5O3/c1-12(2)18-16(24)14-13-5-3-4-6-22(13)15(19-14)17(25)21-9-7-20(11-23)8-10-21/h11-12H,3-10H2,1-2H3,(H,18,24). The van der Waals surface area contributed by atoms with Gasteiger partial charge in [-0.3, -0.25) is 14.4 Å². The average Bonchev–Trinajstić information content (AvgIpc) is 3.00. The molecule has 0 aliphatic carbocycles. The second kappa shape index (κ2) is 7.25. The molecule has 0 bridgehead atoms. The monoisotopic (exact) mass is 347 g/mol. The molecule has 1 aromatic heterocycles. The number of fused-ring (bicyclic) bond motifs is 1. The first-order chi connectivity index (χ1) is 12.0. The van der Waals surface area contributed by atoms with Gasteiger partial charge in [0.15, 0.2) is 5.82 Å². The number of nitrogens with zero attached hydrogens (tertiary/aromatic N) is 4. The predicted molar refractivity (Wildman–Crippen MR) is 91.3 cm³/mol. The predicted octanol–water partition coefficient (Wildman–Crippen LogP) is 0.272. The lowest BCUT2D eigenvalue weighted by Crippen LogP contribution is -2.48. The number of amides is 3. The fraction of sp³-hybridized carbons (Fsp3) is 0.647. The average molecular weight is 347 g/mol. The van der Waals surface area contributed by atoms with Crippen molar-refractivity contribution in [2.24, 2.45) is 0 Å². The first kappa shape index (κ1) is 17.4. The first-order valence-electron chi connectivity index (χ1n) is 8.90. The molecule has 25 heavy (non-hydrogen) atoms. The molecular formula is C17H25N5O3. The van der Waals surface area contributed by atoms with Crippen molar-refractivity contribution < 1.29 is 14.4 Å². The van der Waals surface area contributed by atoms with E-state index in [2.05, 4.69) is 10.3 Å². The Morgan fingerprint density at radius 2 is 1.84 bits per heavy atom. The number of rotatable bonds is 4. The van der Waals surface area contributed by atoms with Gasteiger partial charge in [0.25, 0.3) is 11.8 Å². The highest BCUT2D eigenvalue weighted by molar-refractivity contribution is 5.97. The van der Waals surface area contributed by atoms with E-state index >= 15 is 0 Å². The molecule has 8 heteroatoms. The Kier molecular flexibility index (Phi) is 5.06. The zero-order valence-electron chi connectivity index (χ0n) is 14.8. The molecule has 0 saturated carbocycles. The Bertz CT molecular complexity index is 674. The second-order valence-electron chi connectivity index (χ2n) is 6.90. The van der Waals surface area contributed by atoms with E-state index in [0.717, 1.165) is 31.4 Å². The van der Waals surface area contributed by atoms with Crippen LogP contribution in [-0.4, -0.2) is 69.8 Å². The molecule has 1 fully saturated rings. The molecule has 0 spiro atoms. The van der Waals surface area contributed by atoms with Gasteiger partial charge in [-0.15, -0.1) is 0 Å². The molecule has 8 nitrogen and oxygen atoms in total. The number of piperazine rings is 1. The van der Waals surface area contributed by atoms with Crippen LogP contribution in [0.15, 0.2) is 0 Å². The Morgan fingerprint density at radius 3 is 2.48 bits per heavy atom. The van der Waals surface area contributed by atoms with Crippen molar-refractivity contribution in [3.8, 4) is 0 Å². The van der Waals surface area contributed by atoms with E-state index in [9.17, 15) is 14.4 Å². The van der Waals surface area contributed by atoms with Crippen molar-refractivity contribution in [2.45, 2.75) is 45.7 Å².